The first-order valence-electron chi connectivity index (χ1n) is 6.41. The lowest BCUT2D eigenvalue weighted by Gasteiger charge is -2.12. The van der Waals surface area contributed by atoms with Gasteiger partial charge in [-0.05, 0) is 18.1 Å². The predicted octanol–water partition coefficient (Wildman–Crippen LogP) is 1.54. The Hall–Kier alpha value is -2.70. The van der Waals surface area contributed by atoms with Crippen molar-refractivity contribution in [3.05, 3.63) is 46.0 Å². The molecule has 2 rings (SSSR count). The molecule has 1 atom stereocenters. The number of aliphatic carboxylic acids is 1. The summed E-state index contributed by atoms with van der Waals surface area (Å²) in [4.78, 5) is 34.4. The minimum absolute atomic E-state index is 0.0447. The Morgan fingerprint density at radius 2 is 2.19 bits per heavy atom. The van der Waals surface area contributed by atoms with Crippen LogP contribution in [0.25, 0.3) is 6.08 Å². The number of carboxylic acids is 1. The van der Waals surface area contributed by atoms with Crippen molar-refractivity contribution < 1.29 is 19.6 Å². The van der Waals surface area contributed by atoms with Crippen LogP contribution in [-0.4, -0.2) is 39.9 Å². The molecule has 1 N–H and O–H groups in total. The topological polar surface area (TPSA) is 101 Å². The van der Waals surface area contributed by atoms with Gasteiger partial charge >= 0.3 is 5.97 Å². The molecule has 110 valence electrons. The summed E-state index contributed by atoms with van der Waals surface area (Å²) in [6.07, 6.45) is 3.25. The van der Waals surface area contributed by atoms with Crippen LogP contribution in [0.3, 0.4) is 0 Å². The Kier molecular flexibility index (Phi) is 4.32. The van der Waals surface area contributed by atoms with Crippen molar-refractivity contribution in [2.45, 2.75) is 6.42 Å². The maximum atomic E-state index is 11.9. The number of rotatable bonds is 4. The second kappa shape index (κ2) is 6.17. The fraction of sp³-hybridized carbons (Fsp3) is 0.286. The highest BCUT2D eigenvalue weighted by atomic mass is 16.6. The van der Waals surface area contributed by atoms with Crippen LogP contribution in [0, 0.1) is 16.0 Å². The monoisotopic (exact) mass is 290 g/mol. The molecule has 1 aliphatic rings. The number of hydrogen-bond acceptors (Lipinski definition) is 4. The van der Waals surface area contributed by atoms with E-state index in [-0.39, 0.29) is 18.1 Å². The van der Waals surface area contributed by atoms with E-state index in [0.29, 0.717) is 18.5 Å². The number of nitro benzene ring substituents is 1. The summed E-state index contributed by atoms with van der Waals surface area (Å²) in [6.45, 7) is 0.614. The molecular weight excluding hydrogens is 276 g/mol. The van der Waals surface area contributed by atoms with E-state index in [9.17, 15) is 19.7 Å². The molecular formula is C14H14N2O5. The molecule has 1 saturated heterocycles. The highest BCUT2D eigenvalue weighted by molar-refractivity contribution is 5.92. The minimum Gasteiger partial charge on any atom is -0.481 e. The van der Waals surface area contributed by atoms with E-state index in [4.69, 9.17) is 5.11 Å². The molecule has 0 aromatic heterocycles. The average Bonchev–Trinajstić information content (AvgIpc) is 2.95. The van der Waals surface area contributed by atoms with Gasteiger partial charge < -0.3 is 10.0 Å². The normalized spacial score (nSPS) is 18.1. The fourth-order valence-electron chi connectivity index (χ4n) is 2.18. The molecule has 1 unspecified atom stereocenters. The van der Waals surface area contributed by atoms with Crippen LogP contribution in [0.4, 0.5) is 5.69 Å². The second-order valence-corrected chi connectivity index (χ2v) is 4.79. The SMILES string of the molecule is O=C(O)C1CCN(C(=O)C=Cc2cccc([N+](=O)[O-])c2)C1. The molecule has 0 aliphatic carbocycles. The number of hydrogen-bond donors (Lipinski definition) is 1. The molecule has 0 bridgehead atoms. The van der Waals surface area contributed by atoms with Crippen LogP contribution in [0.15, 0.2) is 30.3 Å². The van der Waals surface area contributed by atoms with Gasteiger partial charge in [-0.2, -0.15) is 0 Å². The van der Waals surface area contributed by atoms with Gasteiger partial charge in [-0.3, -0.25) is 19.7 Å². The van der Waals surface area contributed by atoms with E-state index in [1.807, 2.05) is 0 Å². The summed E-state index contributed by atoms with van der Waals surface area (Å²) in [7, 11) is 0. The first-order valence-corrected chi connectivity index (χ1v) is 6.41. The third-order valence-electron chi connectivity index (χ3n) is 3.35. The number of nitrogens with zero attached hydrogens (tertiary/aromatic N) is 2. The molecule has 1 aliphatic heterocycles. The Balaban J connectivity index is 2.01. The minimum atomic E-state index is -0.895. The maximum absolute atomic E-state index is 11.9. The molecule has 7 heteroatoms. The van der Waals surface area contributed by atoms with Crippen molar-refractivity contribution in [1.82, 2.24) is 4.90 Å². The molecule has 0 radical (unpaired) electrons. The lowest BCUT2D eigenvalue weighted by Crippen LogP contribution is -2.28. The van der Waals surface area contributed by atoms with E-state index in [0.717, 1.165) is 0 Å². The Labute approximate surface area is 120 Å². The fourth-order valence-corrected chi connectivity index (χ4v) is 2.18. The van der Waals surface area contributed by atoms with Gasteiger partial charge in [0, 0.05) is 31.3 Å². The molecule has 0 saturated carbocycles. The van der Waals surface area contributed by atoms with Crippen molar-refractivity contribution in [2.24, 2.45) is 5.92 Å². The third-order valence-corrected chi connectivity index (χ3v) is 3.35. The summed E-state index contributed by atoms with van der Waals surface area (Å²) < 4.78 is 0. The van der Waals surface area contributed by atoms with Gasteiger partial charge in [-0.1, -0.05) is 12.1 Å². The van der Waals surface area contributed by atoms with Crippen LogP contribution in [-0.2, 0) is 9.59 Å². The number of carbonyl (C=O) groups excluding carboxylic acids is 1. The maximum Gasteiger partial charge on any atom is 0.308 e. The van der Waals surface area contributed by atoms with E-state index >= 15 is 0 Å². The second-order valence-electron chi connectivity index (χ2n) is 4.79. The van der Waals surface area contributed by atoms with Gasteiger partial charge in [-0.25, -0.2) is 0 Å². The third kappa shape index (κ3) is 3.65. The number of non-ortho nitro benzene ring substituents is 1. The summed E-state index contributed by atoms with van der Waals surface area (Å²) in [6, 6.07) is 5.93. The quantitative estimate of drug-likeness (QED) is 0.515. The van der Waals surface area contributed by atoms with Crippen molar-refractivity contribution in [2.75, 3.05) is 13.1 Å². The van der Waals surface area contributed by atoms with Gasteiger partial charge in [-0.15, -0.1) is 0 Å². The van der Waals surface area contributed by atoms with E-state index in [1.54, 1.807) is 12.1 Å². The lowest BCUT2D eigenvalue weighted by atomic mass is 10.1. The highest BCUT2D eigenvalue weighted by Gasteiger charge is 2.29. The number of benzene rings is 1. The Morgan fingerprint density at radius 1 is 1.43 bits per heavy atom. The van der Waals surface area contributed by atoms with E-state index in [2.05, 4.69) is 0 Å². The molecule has 1 fully saturated rings. The van der Waals surface area contributed by atoms with Crippen LogP contribution in [0.1, 0.15) is 12.0 Å². The van der Waals surface area contributed by atoms with Crippen molar-refractivity contribution in [3.8, 4) is 0 Å². The van der Waals surface area contributed by atoms with E-state index < -0.39 is 16.8 Å². The number of carboxylic acid groups (broad SMARTS) is 1. The first-order chi connectivity index (χ1) is 9.97. The van der Waals surface area contributed by atoms with Gasteiger partial charge in [0.05, 0.1) is 10.8 Å². The largest absolute Gasteiger partial charge is 0.481 e. The van der Waals surface area contributed by atoms with Gasteiger partial charge in [0.1, 0.15) is 0 Å². The molecule has 1 amide bonds. The summed E-state index contributed by atoms with van der Waals surface area (Å²) in [5.74, 6) is -1.70. The first kappa shape index (κ1) is 14.7. The standard InChI is InChI=1S/C14H14N2O5/c17-13(15-7-6-11(9-15)14(18)19)5-4-10-2-1-3-12(8-10)16(20)21/h1-5,8,11H,6-7,9H2,(H,18,19). The van der Waals surface area contributed by atoms with Crippen molar-refractivity contribution in [1.29, 1.82) is 0 Å². The van der Waals surface area contributed by atoms with Gasteiger partial charge in [0.15, 0.2) is 0 Å². The average molecular weight is 290 g/mol. The number of nitro groups is 1. The molecule has 1 aromatic rings. The van der Waals surface area contributed by atoms with Crippen molar-refractivity contribution >= 4 is 23.6 Å². The zero-order valence-electron chi connectivity index (χ0n) is 11.1. The Bertz CT molecular complexity index is 611. The number of amides is 1. The summed E-state index contributed by atoms with van der Waals surface area (Å²) >= 11 is 0. The smallest absolute Gasteiger partial charge is 0.308 e. The summed E-state index contributed by atoms with van der Waals surface area (Å²) in [5, 5.41) is 19.5. The van der Waals surface area contributed by atoms with Crippen LogP contribution in [0.2, 0.25) is 0 Å². The number of likely N-dealkylation sites (tertiary alicyclic amines) is 1. The molecule has 7 nitrogen and oxygen atoms in total. The molecule has 1 aromatic carbocycles. The zero-order chi connectivity index (χ0) is 15.4. The summed E-state index contributed by atoms with van der Waals surface area (Å²) in [5.41, 5.74) is 0.503. The molecule has 1 heterocycles. The highest BCUT2D eigenvalue weighted by Crippen LogP contribution is 2.18. The number of carbonyl (C=O) groups is 2. The van der Waals surface area contributed by atoms with Crippen molar-refractivity contribution in [3.63, 3.8) is 0 Å². The molecule has 0 spiro atoms. The van der Waals surface area contributed by atoms with Crippen LogP contribution in [0.5, 0.6) is 0 Å². The predicted molar refractivity (Wildman–Crippen MR) is 74.5 cm³/mol. The Morgan fingerprint density at radius 3 is 2.81 bits per heavy atom. The van der Waals surface area contributed by atoms with Gasteiger partial charge in [0.25, 0.3) is 5.69 Å². The zero-order valence-corrected chi connectivity index (χ0v) is 11.1. The molecule has 21 heavy (non-hydrogen) atoms. The van der Waals surface area contributed by atoms with Crippen LogP contribution < -0.4 is 0 Å². The van der Waals surface area contributed by atoms with E-state index in [1.165, 1.54) is 29.2 Å². The lowest BCUT2D eigenvalue weighted by molar-refractivity contribution is -0.384. The van der Waals surface area contributed by atoms with Gasteiger partial charge in [0.2, 0.25) is 5.91 Å². The van der Waals surface area contributed by atoms with Crippen LogP contribution >= 0.6 is 0 Å².